The molecule has 0 unspecified atom stereocenters. The highest BCUT2D eigenvalue weighted by molar-refractivity contribution is 9.10. The van der Waals surface area contributed by atoms with E-state index in [0.717, 1.165) is 10.0 Å². The van der Waals surface area contributed by atoms with Crippen molar-refractivity contribution in [3.05, 3.63) is 62.0 Å². The molecule has 2 aromatic rings. The van der Waals surface area contributed by atoms with E-state index in [1.807, 2.05) is 13.0 Å². The summed E-state index contributed by atoms with van der Waals surface area (Å²) in [6.45, 7) is 5.25. The quantitative estimate of drug-likeness (QED) is 0.567. The molecule has 0 aromatic heterocycles. The van der Waals surface area contributed by atoms with Crippen molar-refractivity contribution in [1.82, 2.24) is 15.1 Å². The Hall–Kier alpha value is -2.13. The molecule has 7 nitrogen and oxygen atoms in total. The second kappa shape index (κ2) is 11.1. The van der Waals surface area contributed by atoms with Crippen molar-refractivity contribution in [2.24, 2.45) is 0 Å². The normalized spacial score (nSPS) is 14.2. The van der Waals surface area contributed by atoms with E-state index in [1.165, 1.54) is 0 Å². The number of anilines is 1. The second-order valence-corrected chi connectivity index (χ2v) is 9.13. The van der Waals surface area contributed by atoms with Crippen molar-refractivity contribution in [1.29, 1.82) is 0 Å². The number of carbonyl (C=O) groups excluding carboxylic acids is 3. The van der Waals surface area contributed by atoms with E-state index in [9.17, 15) is 14.4 Å². The lowest BCUT2D eigenvalue weighted by Crippen LogP contribution is -2.50. The molecule has 0 radical (unpaired) electrons. The van der Waals surface area contributed by atoms with Gasteiger partial charge in [0, 0.05) is 54.5 Å². The van der Waals surface area contributed by atoms with Crippen LogP contribution < -0.4 is 10.6 Å². The van der Waals surface area contributed by atoms with Gasteiger partial charge in [0.15, 0.2) is 0 Å². The highest BCUT2D eigenvalue weighted by Crippen LogP contribution is 2.23. The third kappa shape index (κ3) is 6.45. The van der Waals surface area contributed by atoms with Crippen LogP contribution in [0.25, 0.3) is 0 Å². The van der Waals surface area contributed by atoms with Gasteiger partial charge in [0.1, 0.15) is 0 Å². The number of carbonyl (C=O) groups is 3. The molecule has 0 spiro atoms. The molecule has 1 aliphatic rings. The third-order valence-electron chi connectivity index (χ3n) is 5.16. The number of amides is 3. The summed E-state index contributed by atoms with van der Waals surface area (Å²) in [7, 11) is 0. The van der Waals surface area contributed by atoms with Crippen molar-refractivity contribution in [2.75, 3.05) is 44.6 Å². The van der Waals surface area contributed by atoms with Crippen molar-refractivity contribution in [3.8, 4) is 0 Å². The van der Waals surface area contributed by atoms with E-state index in [-0.39, 0.29) is 5.91 Å². The van der Waals surface area contributed by atoms with Crippen LogP contribution in [0.3, 0.4) is 0 Å². The molecule has 0 saturated carbocycles. The molecule has 0 bridgehead atoms. The fourth-order valence-corrected chi connectivity index (χ4v) is 4.06. The summed E-state index contributed by atoms with van der Waals surface area (Å²) < 4.78 is 0.929. The van der Waals surface area contributed by atoms with Crippen LogP contribution in [0.2, 0.25) is 10.0 Å². The van der Waals surface area contributed by atoms with Gasteiger partial charge in [0.2, 0.25) is 0 Å². The van der Waals surface area contributed by atoms with E-state index in [4.69, 9.17) is 23.2 Å². The van der Waals surface area contributed by atoms with Crippen molar-refractivity contribution in [2.45, 2.75) is 6.92 Å². The molecule has 1 fully saturated rings. The minimum atomic E-state index is -0.706. The van der Waals surface area contributed by atoms with Crippen LogP contribution in [-0.4, -0.2) is 66.8 Å². The first kappa shape index (κ1) is 24.5. The van der Waals surface area contributed by atoms with Gasteiger partial charge < -0.3 is 15.5 Å². The second-order valence-electron chi connectivity index (χ2n) is 7.43. The molecule has 32 heavy (non-hydrogen) atoms. The fourth-order valence-electron chi connectivity index (χ4n) is 3.33. The van der Waals surface area contributed by atoms with Crippen LogP contribution in [0.15, 0.2) is 40.9 Å². The molecule has 3 amide bonds. The van der Waals surface area contributed by atoms with Gasteiger partial charge in [0.05, 0.1) is 10.6 Å². The van der Waals surface area contributed by atoms with E-state index in [1.54, 1.807) is 35.2 Å². The third-order valence-corrected chi connectivity index (χ3v) is 6.59. The number of nitrogens with zero attached hydrogens (tertiary/aromatic N) is 2. The topological polar surface area (TPSA) is 81.8 Å². The summed E-state index contributed by atoms with van der Waals surface area (Å²) in [4.78, 5) is 40.7. The standard InChI is InChI=1S/C22H23BrCl2N4O3/c1-14-12-16(3-5-18(14)23)27-21(31)20(30)26-6-7-28-8-10-29(11-9-28)22(32)17-4-2-15(24)13-19(17)25/h2-5,12-13H,6-11H2,1H3,(H,26,30)(H,27,31). The first-order valence-electron chi connectivity index (χ1n) is 10.1. The Labute approximate surface area is 205 Å². The summed E-state index contributed by atoms with van der Waals surface area (Å²) in [6, 6.07) is 10.2. The van der Waals surface area contributed by atoms with E-state index in [2.05, 4.69) is 31.5 Å². The predicted octanol–water partition coefficient (Wildman–Crippen LogP) is 3.58. The van der Waals surface area contributed by atoms with E-state index in [0.29, 0.717) is 60.6 Å². The molecule has 0 atom stereocenters. The average molecular weight is 542 g/mol. The van der Waals surface area contributed by atoms with Crippen LogP contribution in [0.5, 0.6) is 0 Å². The van der Waals surface area contributed by atoms with Gasteiger partial charge in [-0.25, -0.2) is 0 Å². The predicted molar refractivity (Wildman–Crippen MR) is 129 cm³/mol. The molecule has 2 N–H and O–H groups in total. The zero-order chi connectivity index (χ0) is 23.3. The van der Waals surface area contributed by atoms with Gasteiger partial charge in [-0.1, -0.05) is 39.1 Å². The van der Waals surface area contributed by atoms with Gasteiger partial charge >= 0.3 is 11.8 Å². The zero-order valence-electron chi connectivity index (χ0n) is 17.5. The summed E-state index contributed by atoms with van der Waals surface area (Å²) in [5.74, 6) is -1.52. The number of aryl methyl sites for hydroxylation is 1. The Balaban J connectivity index is 1.40. The molecule has 1 heterocycles. The Morgan fingerprint density at radius 2 is 1.72 bits per heavy atom. The Kier molecular flexibility index (Phi) is 8.53. The summed E-state index contributed by atoms with van der Waals surface area (Å²) >= 11 is 15.4. The number of benzene rings is 2. The molecule has 1 aliphatic heterocycles. The number of halogens is 3. The Morgan fingerprint density at radius 3 is 2.38 bits per heavy atom. The maximum Gasteiger partial charge on any atom is 0.313 e. The van der Waals surface area contributed by atoms with Crippen LogP contribution in [-0.2, 0) is 9.59 Å². The average Bonchev–Trinajstić information content (AvgIpc) is 2.76. The van der Waals surface area contributed by atoms with Gasteiger partial charge in [-0.05, 0) is 48.9 Å². The minimum absolute atomic E-state index is 0.125. The number of piperazine rings is 1. The van der Waals surface area contributed by atoms with E-state index >= 15 is 0 Å². The Morgan fingerprint density at radius 1 is 1.00 bits per heavy atom. The number of hydrogen-bond acceptors (Lipinski definition) is 4. The number of hydrogen-bond donors (Lipinski definition) is 2. The lowest BCUT2D eigenvalue weighted by Gasteiger charge is -2.34. The van der Waals surface area contributed by atoms with Gasteiger partial charge in [-0.3, -0.25) is 19.3 Å². The largest absolute Gasteiger partial charge is 0.347 e. The first-order valence-corrected chi connectivity index (χ1v) is 11.6. The molecule has 0 aliphatic carbocycles. The fraction of sp³-hybridized carbons (Fsp3) is 0.318. The first-order chi connectivity index (χ1) is 15.2. The molecule has 1 saturated heterocycles. The smallest absolute Gasteiger partial charge is 0.313 e. The molecule has 2 aromatic carbocycles. The SMILES string of the molecule is Cc1cc(NC(=O)C(=O)NCCN2CCN(C(=O)c3ccc(Cl)cc3Cl)CC2)ccc1Br. The monoisotopic (exact) mass is 540 g/mol. The van der Waals surface area contributed by atoms with Gasteiger partial charge in [-0.2, -0.15) is 0 Å². The van der Waals surface area contributed by atoms with Crippen molar-refractivity contribution < 1.29 is 14.4 Å². The number of rotatable bonds is 5. The maximum atomic E-state index is 12.7. The highest BCUT2D eigenvalue weighted by Gasteiger charge is 2.24. The molecular weight excluding hydrogens is 519 g/mol. The highest BCUT2D eigenvalue weighted by atomic mass is 79.9. The molecule has 170 valence electrons. The minimum Gasteiger partial charge on any atom is -0.347 e. The molecular formula is C22H23BrCl2N4O3. The van der Waals surface area contributed by atoms with E-state index < -0.39 is 11.8 Å². The van der Waals surface area contributed by atoms with Gasteiger partial charge in [-0.15, -0.1) is 0 Å². The zero-order valence-corrected chi connectivity index (χ0v) is 20.6. The van der Waals surface area contributed by atoms with Crippen LogP contribution in [0.1, 0.15) is 15.9 Å². The molecule has 10 heteroatoms. The van der Waals surface area contributed by atoms with Crippen molar-refractivity contribution in [3.63, 3.8) is 0 Å². The van der Waals surface area contributed by atoms with Crippen LogP contribution in [0, 0.1) is 6.92 Å². The van der Waals surface area contributed by atoms with Crippen LogP contribution >= 0.6 is 39.1 Å². The summed E-state index contributed by atoms with van der Waals surface area (Å²) in [5.41, 5.74) is 1.95. The molecule has 3 rings (SSSR count). The Bertz CT molecular complexity index is 1030. The van der Waals surface area contributed by atoms with Crippen molar-refractivity contribution >= 4 is 62.5 Å². The summed E-state index contributed by atoms with van der Waals surface area (Å²) in [6.07, 6.45) is 0. The lowest BCUT2D eigenvalue weighted by atomic mass is 10.2. The maximum absolute atomic E-state index is 12.7. The lowest BCUT2D eigenvalue weighted by molar-refractivity contribution is -0.136. The number of nitrogens with one attached hydrogen (secondary N) is 2. The summed E-state index contributed by atoms with van der Waals surface area (Å²) in [5, 5.41) is 6.05. The van der Waals surface area contributed by atoms with Crippen LogP contribution in [0.4, 0.5) is 5.69 Å². The van der Waals surface area contributed by atoms with Gasteiger partial charge in [0.25, 0.3) is 5.91 Å².